The van der Waals surface area contributed by atoms with Crippen molar-refractivity contribution in [2.45, 2.75) is 30.6 Å². The molecule has 0 bridgehead atoms. The van der Waals surface area contributed by atoms with Gasteiger partial charge in [-0.2, -0.15) is 70.2 Å². The fourth-order valence-electron chi connectivity index (χ4n) is 2.39. The molecule has 0 amide bonds. The third kappa shape index (κ3) is 2.71. The van der Waals surface area contributed by atoms with Crippen molar-refractivity contribution >= 4 is 0 Å². The Balaban J connectivity index is 4.19. The van der Waals surface area contributed by atoms with Gasteiger partial charge in [0.15, 0.2) is 0 Å². The molecule has 0 unspecified atom stereocenters. The highest BCUT2D eigenvalue weighted by molar-refractivity contribution is 5.62. The first kappa shape index (κ1) is 22.4. The molecule has 1 aliphatic carbocycles. The Hall–Kier alpha value is -1.64. The number of halogens is 16. The number of hydrogen-bond acceptors (Lipinski definition) is 0. The average Bonchev–Trinajstić information content (AvgIpc) is 2.24. The highest BCUT2D eigenvalue weighted by atomic mass is 19.4. The molecule has 0 aromatic heterocycles. The van der Waals surface area contributed by atoms with Gasteiger partial charge < -0.3 is 0 Å². The van der Waals surface area contributed by atoms with Gasteiger partial charge in [0.2, 0.25) is 0 Å². The van der Waals surface area contributed by atoms with E-state index in [1.54, 1.807) is 0 Å². The summed E-state index contributed by atoms with van der Waals surface area (Å²) in [4.78, 5) is 0. The van der Waals surface area contributed by atoms with E-state index in [9.17, 15) is 70.2 Å². The molecule has 0 aromatic rings. The minimum absolute atomic E-state index is 4.13. The summed E-state index contributed by atoms with van der Waals surface area (Å²) in [5, 5.41) is 0. The second-order valence-corrected chi connectivity index (χ2v) is 4.70. The van der Waals surface area contributed by atoms with Crippen LogP contribution in [0.5, 0.6) is 0 Å². The molecule has 0 heterocycles. The normalized spacial score (nSPS) is 20.8. The molecule has 0 spiro atoms. The maximum absolute atomic E-state index is 13.6. The van der Waals surface area contributed by atoms with Gasteiger partial charge in [-0.3, -0.25) is 0 Å². The second kappa shape index (κ2) is 5.43. The van der Waals surface area contributed by atoms with Crippen LogP contribution in [-0.4, -0.2) is 30.6 Å². The molecule has 152 valence electrons. The molecule has 0 N–H and O–H groups in total. The highest BCUT2D eigenvalue weighted by Gasteiger charge is 2.93. The van der Waals surface area contributed by atoms with E-state index >= 15 is 0 Å². The zero-order chi connectivity index (χ0) is 21.3. The van der Waals surface area contributed by atoms with Gasteiger partial charge in [0.05, 0.1) is 5.57 Å². The predicted molar refractivity (Wildman–Crippen MR) is 47.9 cm³/mol. The van der Waals surface area contributed by atoms with Crippen molar-refractivity contribution in [3.05, 3.63) is 22.8 Å². The van der Waals surface area contributed by atoms with Crippen LogP contribution in [0.2, 0.25) is 0 Å². The minimum Gasteiger partial charge on any atom is -0.200 e. The van der Waals surface area contributed by atoms with Crippen molar-refractivity contribution in [3.8, 4) is 0 Å². The number of rotatable bonds is 0. The minimum atomic E-state index is -7.40. The van der Waals surface area contributed by atoms with Crippen LogP contribution in [-0.2, 0) is 0 Å². The molecule has 0 atom stereocenters. The summed E-state index contributed by atoms with van der Waals surface area (Å²) in [5.41, 5.74) is -19.8. The van der Waals surface area contributed by atoms with E-state index in [0.29, 0.717) is 0 Å². The third-order valence-corrected chi connectivity index (χ3v) is 3.27. The van der Waals surface area contributed by atoms with Crippen molar-refractivity contribution in [1.82, 2.24) is 0 Å². The summed E-state index contributed by atoms with van der Waals surface area (Å²) in [5.74, 6) is -7.04. The average molecular weight is 424 g/mol. The van der Waals surface area contributed by atoms with Gasteiger partial charge in [0.1, 0.15) is 5.57 Å². The van der Waals surface area contributed by atoms with E-state index < -0.39 is 58.8 Å². The molecule has 1 rings (SSSR count). The summed E-state index contributed by atoms with van der Waals surface area (Å²) in [6.45, 7) is 0. The van der Waals surface area contributed by atoms with Crippen LogP contribution in [0.4, 0.5) is 70.2 Å². The molecule has 0 nitrogen and oxygen atoms in total. The summed E-state index contributed by atoms with van der Waals surface area (Å²) >= 11 is 0. The number of allylic oxidation sites excluding steroid dienone is 3. The van der Waals surface area contributed by atoms with Gasteiger partial charge in [-0.25, -0.2) is 0 Å². The van der Waals surface area contributed by atoms with E-state index in [1.807, 2.05) is 0 Å². The first-order valence-electron chi connectivity index (χ1n) is 5.52. The molecule has 1 saturated carbocycles. The van der Waals surface area contributed by atoms with Crippen LogP contribution in [0.15, 0.2) is 22.8 Å². The Morgan fingerprint density at radius 3 is 1.08 bits per heavy atom. The SMILES string of the molecule is FC(F)=C1C(=C(C(F)(F)F)C(F)(F)F)C(F)(F)C1(C(F)(F)F)C(F)(F)F. The molecule has 0 aromatic carbocycles. The molecule has 1 aliphatic rings. The van der Waals surface area contributed by atoms with E-state index in [1.165, 1.54) is 0 Å². The quantitative estimate of drug-likeness (QED) is 0.400. The zero-order valence-corrected chi connectivity index (χ0v) is 11.0. The Labute approximate surface area is 130 Å². The Morgan fingerprint density at radius 1 is 0.577 bits per heavy atom. The van der Waals surface area contributed by atoms with Gasteiger partial charge in [-0.05, 0) is 0 Å². The van der Waals surface area contributed by atoms with Crippen LogP contribution in [0.3, 0.4) is 0 Å². The van der Waals surface area contributed by atoms with Gasteiger partial charge in [0.25, 0.3) is 11.5 Å². The molecule has 0 radical (unpaired) electrons. The van der Waals surface area contributed by atoms with Crippen molar-refractivity contribution < 1.29 is 70.2 Å². The lowest BCUT2D eigenvalue weighted by Crippen LogP contribution is -2.71. The summed E-state index contributed by atoms with van der Waals surface area (Å²) in [6.07, 6.45) is -33.3. The van der Waals surface area contributed by atoms with Gasteiger partial charge in [-0.1, -0.05) is 0 Å². The lowest BCUT2D eigenvalue weighted by molar-refractivity contribution is -0.394. The summed E-state index contributed by atoms with van der Waals surface area (Å²) in [6, 6.07) is 0. The molecule has 0 aliphatic heterocycles. The first-order chi connectivity index (χ1) is 11.1. The van der Waals surface area contributed by atoms with Crippen molar-refractivity contribution in [1.29, 1.82) is 0 Å². The second-order valence-electron chi connectivity index (χ2n) is 4.70. The first-order valence-corrected chi connectivity index (χ1v) is 5.52. The monoisotopic (exact) mass is 424 g/mol. The Bertz CT molecular complexity index is 610. The molecule has 16 heteroatoms. The fraction of sp³-hybridized carbons (Fsp3) is 0.600. The largest absolute Gasteiger partial charge is 0.421 e. The molecule has 1 fully saturated rings. The standard InChI is InChI=1S/C10F16/c11-4(12)2-1(3(7(15,16)17)8(18,19)20)6(13,14)5(2,9(21,22)23)10(24,25)26. The van der Waals surface area contributed by atoms with E-state index in [4.69, 9.17) is 0 Å². The fourth-order valence-corrected chi connectivity index (χ4v) is 2.39. The third-order valence-electron chi connectivity index (χ3n) is 3.27. The van der Waals surface area contributed by atoms with E-state index in [0.717, 1.165) is 0 Å². The Morgan fingerprint density at radius 2 is 0.885 bits per heavy atom. The van der Waals surface area contributed by atoms with Gasteiger partial charge >= 0.3 is 30.6 Å². The topological polar surface area (TPSA) is 0 Å². The van der Waals surface area contributed by atoms with Gasteiger partial charge in [0, 0.05) is 5.57 Å². The lowest BCUT2D eigenvalue weighted by atomic mass is 9.55. The molecule has 26 heavy (non-hydrogen) atoms. The predicted octanol–water partition coefficient (Wildman–Crippen LogP) is 6.32. The summed E-state index contributed by atoms with van der Waals surface area (Å²) in [7, 11) is 0. The van der Waals surface area contributed by atoms with Crippen LogP contribution in [0, 0.1) is 5.41 Å². The molecule has 0 saturated heterocycles. The van der Waals surface area contributed by atoms with Crippen LogP contribution in [0.25, 0.3) is 0 Å². The van der Waals surface area contributed by atoms with Crippen molar-refractivity contribution in [3.63, 3.8) is 0 Å². The van der Waals surface area contributed by atoms with Crippen molar-refractivity contribution in [2.75, 3.05) is 0 Å². The number of alkyl halides is 14. The van der Waals surface area contributed by atoms with Crippen molar-refractivity contribution in [2.24, 2.45) is 5.41 Å². The maximum Gasteiger partial charge on any atom is 0.421 e. The zero-order valence-electron chi connectivity index (χ0n) is 11.0. The smallest absolute Gasteiger partial charge is 0.200 e. The van der Waals surface area contributed by atoms with Crippen LogP contribution < -0.4 is 0 Å². The maximum atomic E-state index is 13.6. The molecular formula is C10F16. The number of hydrogen-bond donors (Lipinski definition) is 0. The van der Waals surface area contributed by atoms with E-state index in [-0.39, 0.29) is 0 Å². The van der Waals surface area contributed by atoms with E-state index in [2.05, 4.69) is 0 Å². The highest BCUT2D eigenvalue weighted by Crippen LogP contribution is 2.76. The summed E-state index contributed by atoms with van der Waals surface area (Å²) < 4.78 is 202. The van der Waals surface area contributed by atoms with Gasteiger partial charge in [-0.15, -0.1) is 0 Å². The molecular weight excluding hydrogens is 424 g/mol. The Kier molecular flexibility index (Phi) is 4.68. The lowest BCUT2D eigenvalue weighted by Gasteiger charge is -2.53. The van der Waals surface area contributed by atoms with Crippen LogP contribution >= 0.6 is 0 Å². The van der Waals surface area contributed by atoms with Crippen LogP contribution in [0.1, 0.15) is 0 Å².